The average molecular weight is 321 g/mol. The number of hydrogen-bond donors (Lipinski definition) is 1. The molecule has 4 heteroatoms. The van der Waals surface area contributed by atoms with Crippen LogP contribution in [0.4, 0.5) is 5.69 Å². The second-order valence-corrected chi connectivity index (χ2v) is 6.11. The van der Waals surface area contributed by atoms with Crippen LogP contribution in [0.3, 0.4) is 0 Å². The molecule has 0 fully saturated rings. The summed E-state index contributed by atoms with van der Waals surface area (Å²) >= 11 is 0. The number of carbonyl (C=O) groups excluding carboxylic acids is 2. The van der Waals surface area contributed by atoms with Crippen molar-refractivity contribution < 1.29 is 14.0 Å². The first kappa shape index (κ1) is 16.0. The van der Waals surface area contributed by atoms with Crippen LogP contribution in [0.15, 0.2) is 52.9 Å². The summed E-state index contributed by atoms with van der Waals surface area (Å²) in [6, 6.07) is 14.5. The Bertz CT molecular complexity index is 907. The Kier molecular flexibility index (Phi) is 4.21. The summed E-state index contributed by atoms with van der Waals surface area (Å²) in [5.41, 5.74) is 2.70. The fourth-order valence-electron chi connectivity index (χ4n) is 2.52. The van der Waals surface area contributed by atoms with E-state index in [9.17, 15) is 9.59 Å². The van der Waals surface area contributed by atoms with Crippen LogP contribution in [0.2, 0.25) is 0 Å². The fourth-order valence-corrected chi connectivity index (χ4v) is 2.52. The van der Waals surface area contributed by atoms with E-state index < -0.39 is 0 Å². The second-order valence-electron chi connectivity index (χ2n) is 6.11. The zero-order valence-electron chi connectivity index (χ0n) is 13.9. The Morgan fingerprint density at radius 1 is 1.04 bits per heavy atom. The summed E-state index contributed by atoms with van der Waals surface area (Å²) in [4.78, 5) is 24.5. The van der Waals surface area contributed by atoms with Crippen LogP contribution < -0.4 is 5.32 Å². The van der Waals surface area contributed by atoms with Crippen LogP contribution in [0.1, 0.15) is 35.5 Å². The van der Waals surface area contributed by atoms with Crippen molar-refractivity contribution in [2.75, 3.05) is 5.32 Å². The van der Waals surface area contributed by atoms with E-state index >= 15 is 0 Å². The second kappa shape index (κ2) is 6.32. The maximum absolute atomic E-state index is 12.6. The number of anilines is 1. The summed E-state index contributed by atoms with van der Waals surface area (Å²) in [6.45, 7) is 5.54. The van der Waals surface area contributed by atoms with Crippen molar-refractivity contribution in [2.24, 2.45) is 5.92 Å². The lowest BCUT2D eigenvalue weighted by Crippen LogP contribution is -2.17. The molecule has 3 aromatic rings. The molecule has 1 aromatic heterocycles. The normalized spacial score (nSPS) is 11.0. The monoisotopic (exact) mass is 321 g/mol. The lowest BCUT2D eigenvalue weighted by atomic mass is 10.0. The van der Waals surface area contributed by atoms with E-state index in [1.807, 2.05) is 45.0 Å². The molecule has 0 radical (unpaired) electrons. The smallest absolute Gasteiger partial charge is 0.228 e. The molecule has 1 N–H and O–H groups in total. The number of rotatable bonds is 4. The molecule has 1 amide bonds. The van der Waals surface area contributed by atoms with Gasteiger partial charge >= 0.3 is 0 Å². The Morgan fingerprint density at radius 2 is 1.75 bits per heavy atom. The molecule has 2 aromatic carbocycles. The van der Waals surface area contributed by atoms with Gasteiger partial charge in [-0.1, -0.05) is 44.2 Å². The molecule has 0 spiro atoms. The number of furan rings is 1. The van der Waals surface area contributed by atoms with E-state index in [-0.39, 0.29) is 17.6 Å². The number of carbonyl (C=O) groups is 2. The molecule has 0 aliphatic rings. The van der Waals surface area contributed by atoms with Crippen molar-refractivity contribution in [3.05, 3.63) is 65.4 Å². The summed E-state index contributed by atoms with van der Waals surface area (Å²) in [5, 5.41) is 3.69. The lowest BCUT2D eigenvalue weighted by molar-refractivity contribution is -0.118. The van der Waals surface area contributed by atoms with Crippen LogP contribution in [0.25, 0.3) is 11.0 Å². The molecule has 1 heterocycles. The maximum atomic E-state index is 12.6. The highest BCUT2D eigenvalue weighted by molar-refractivity contribution is 6.10. The van der Waals surface area contributed by atoms with Gasteiger partial charge < -0.3 is 9.73 Å². The van der Waals surface area contributed by atoms with Crippen molar-refractivity contribution in [3.8, 4) is 0 Å². The highest BCUT2D eigenvalue weighted by Gasteiger charge is 2.19. The molecular weight excluding hydrogens is 302 g/mol. The van der Waals surface area contributed by atoms with E-state index in [0.29, 0.717) is 22.6 Å². The molecule has 0 atom stereocenters. The lowest BCUT2D eigenvalue weighted by Gasteiger charge is -2.07. The zero-order chi connectivity index (χ0) is 17.3. The van der Waals surface area contributed by atoms with Crippen LogP contribution in [-0.2, 0) is 4.79 Å². The first-order chi connectivity index (χ1) is 11.5. The highest BCUT2D eigenvalue weighted by Crippen LogP contribution is 2.29. The topological polar surface area (TPSA) is 59.3 Å². The van der Waals surface area contributed by atoms with Crippen LogP contribution >= 0.6 is 0 Å². The minimum Gasteiger partial charge on any atom is -0.452 e. The first-order valence-corrected chi connectivity index (χ1v) is 7.91. The van der Waals surface area contributed by atoms with Gasteiger partial charge in [0, 0.05) is 28.1 Å². The van der Waals surface area contributed by atoms with Crippen LogP contribution in [-0.4, -0.2) is 11.7 Å². The van der Waals surface area contributed by atoms with Crippen molar-refractivity contribution in [1.82, 2.24) is 0 Å². The van der Waals surface area contributed by atoms with Gasteiger partial charge in [-0.25, -0.2) is 0 Å². The molecule has 0 aliphatic heterocycles. The molecule has 0 unspecified atom stereocenters. The number of hydrogen-bond acceptors (Lipinski definition) is 3. The fraction of sp³-hybridized carbons (Fsp3) is 0.200. The van der Waals surface area contributed by atoms with Crippen molar-refractivity contribution >= 4 is 28.3 Å². The average Bonchev–Trinajstić information content (AvgIpc) is 2.91. The summed E-state index contributed by atoms with van der Waals surface area (Å²) in [6.07, 6.45) is 0. The first-order valence-electron chi connectivity index (χ1n) is 7.91. The number of nitrogens with one attached hydrogen (secondary N) is 1. The summed E-state index contributed by atoms with van der Waals surface area (Å²) < 4.78 is 5.76. The minimum atomic E-state index is -0.142. The number of ketones is 1. The van der Waals surface area contributed by atoms with Crippen molar-refractivity contribution in [1.29, 1.82) is 0 Å². The van der Waals surface area contributed by atoms with Gasteiger partial charge in [-0.15, -0.1) is 0 Å². The molecular formula is C20H19NO3. The molecule has 0 bridgehead atoms. The third-order valence-corrected chi connectivity index (χ3v) is 3.97. The number of aryl methyl sites for hydroxylation is 1. The minimum absolute atomic E-state index is 0.0453. The van der Waals surface area contributed by atoms with Crippen molar-refractivity contribution in [2.45, 2.75) is 20.8 Å². The van der Waals surface area contributed by atoms with Gasteiger partial charge in [0.05, 0.1) is 0 Å². The van der Waals surface area contributed by atoms with Crippen LogP contribution in [0.5, 0.6) is 0 Å². The maximum Gasteiger partial charge on any atom is 0.228 e. The number of benzene rings is 2. The standard InChI is InChI=1S/C20H19NO3/c1-12(2)20(23)21-15-9-10-17-16(11-15)13(3)19(24-17)18(22)14-7-5-4-6-8-14/h4-12H,1-3H3,(H,21,23). The van der Waals surface area contributed by atoms with E-state index in [2.05, 4.69) is 5.32 Å². The molecule has 4 nitrogen and oxygen atoms in total. The quantitative estimate of drug-likeness (QED) is 0.716. The van der Waals surface area contributed by atoms with E-state index in [4.69, 9.17) is 4.42 Å². The van der Waals surface area contributed by atoms with Gasteiger partial charge in [0.1, 0.15) is 5.58 Å². The molecule has 24 heavy (non-hydrogen) atoms. The van der Waals surface area contributed by atoms with E-state index in [1.165, 1.54) is 0 Å². The third-order valence-electron chi connectivity index (χ3n) is 3.97. The summed E-state index contributed by atoms with van der Waals surface area (Å²) in [7, 11) is 0. The van der Waals surface area contributed by atoms with Gasteiger partial charge in [0.2, 0.25) is 11.7 Å². The Balaban J connectivity index is 1.99. The van der Waals surface area contributed by atoms with E-state index in [0.717, 1.165) is 10.9 Å². The van der Waals surface area contributed by atoms with Crippen molar-refractivity contribution in [3.63, 3.8) is 0 Å². The molecule has 0 saturated heterocycles. The molecule has 0 aliphatic carbocycles. The molecule has 0 saturated carbocycles. The van der Waals surface area contributed by atoms with Gasteiger partial charge in [-0.2, -0.15) is 0 Å². The SMILES string of the molecule is Cc1c(C(=O)c2ccccc2)oc2ccc(NC(=O)C(C)C)cc12. The van der Waals surface area contributed by atoms with Gasteiger partial charge in [-0.05, 0) is 25.1 Å². The largest absolute Gasteiger partial charge is 0.452 e. The zero-order valence-corrected chi connectivity index (χ0v) is 13.9. The van der Waals surface area contributed by atoms with E-state index in [1.54, 1.807) is 24.3 Å². The number of fused-ring (bicyclic) bond motifs is 1. The van der Waals surface area contributed by atoms with Gasteiger partial charge in [-0.3, -0.25) is 9.59 Å². The predicted molar refractivity (Wildman–Crippen MR) is 94.3 cm³/mol. The predicted octanol–water partition coefficient (Wildman–Crippen LogP) is 4.57. The van der Waals surface area contributed by atoms with Gasteiger partial charge in [0.25, 0.3) is 0 Å². The van der Waals surface area contributed by atoms with Gasteiger partial charge in [0.15, 0.2) is 5.76 Å². The Morgan fingerprint density at radius 3 is 2.42 bits per heavy atom. The number of amides is 1. The summed E-state index contributed by atoms with van der Waals surface area (Å²) in [5.74, 6) is 0.0537. The van der Waals surface area contributed by atoms with Crippen LogP contribution in [0, 0.1) is 12.8 Å². The Hall–Kier alpha value is -2.88. The molecule has 122 valence electrons. The molecule has 3 rings (SSSR count). The highest BCUT2D eigenvalue weighted by atomic mass is 16.3. The Labute approximate surface area is 140 Å². The third kappa shape index (κ3) is 2.95.